The molecule has 1 aromatic heterocycles. The van der Waals surface area contributed by atoms with E-state index in [-0.39, 0.29) is 23.8 Å². The monoisotopic (exact) mass is 357 g/mol. The number of benzene rings is 1. The number of rotatable bonds is 2. The smallest absolute Gasteiger partial charge is 0.326 e. The number of likely N-dealkylation sites (tertiary alicyclic amines) is 1. The number of hydrogen-bond donors (Lipinski definition) is 3. The first kappa shape index (κ1) is 17.1. The maximum absolute atomic E-state index is 12.6. The highest BCUT2D eigenvalue weighted by Gasteiger charge is 2.29. The van der Waals surface area contributed by atoms with E-state index in [4.69, 9.17) is 0 Å². The molecule has 2 amide bonds. The molecule has 2 aliphatic heterocycles. The lowest BCUT2D eigenvalue weighted by Gasteiger charge is -2.36. The zero-order valence-electron chi connectivity index (χ0n) is 15.2. The summed E-state index contributed by atoms with van der Waals surface area (Å²) < 4.78 is 1.86. The van der Waals surface area contributed by atoms with E-state index in [0.29, 0.717) is 19.1 Å². The number of urea groups is 1. The zero-order valence-corrected chi connectivity index (χ0v) is 15.2. The van der Waals surface area contributed by atoms with Gasteiger partial charge in [-0.15, -0.1) is 0 Å². The Kier molecular flexibility index (Phi) is 4.72. The Morgan fingerprint density at radius 2 is 1.96 bits per heavy atom. The molecule has 4 rings (SSSR count). The van der Waals surface area contributed by atoms with Gasteiger partial charge in [0.05, 0.1) is 11.0 Å². The maximum Gasteiger partial charge on any atom is 0.326 e. The van der Waals surface area contributed by atoms with E-state index in [1.54, 1.807) is 0 Å². The normalized spacial score (nSPS) is 24.7. The molecule has 2 aromatic rings. The van der Waals surface area contributed by atoms with Gasteiger partial charge in [0.25, 0.3) is 0 Å². The lowest BCUT2D eigenvalue weighted by Crippen LogP contribution is -2.55. The Balaban J connectivity index is 1.40. The number of imidazole rings is 1. The number of para-hydroxylation sites is 2. The minimum atomic E-state index is -0.0591. The highest BCUT2D eigenvalue weighted by Crippen LogP contribution is 2.25. The molecule has 7 heteroatoms. The van der Waals surface area contributed by atoms with Gasteiger partial charge in [-0.25, -0.2) is 9.59 Å². The van der Waals surface area contributed by atoms with E-state index in [1.807, 2.05) is 33.7 Å². The lowest BCUT2D eigenvalue weighted by molar-refractivity contribution is 0.163. The summed E-state index contributed by atoms with van der Waals surface area (Å²) in [5, 5.41) is 6.59. The van der Waals surface area contributed by atoms with Crippen LogP contribution in [0.2, 0.25) is 0 Å². The van der Waals surface area contributed by atoms with Gasteiger partial charge >= 0.3 is 11.7 Å². The topological polar surface area (TPSA) is 82.2 Å². The second kappa shape index (κ2) is 7.15. The van der Waals surface area contributed by atoms with Crippen LogP contribution >= 0.6 is 0 Å². The SMILES string of the molecule is CC1NCCCC1NC(=O)N1CCC(n2c(=O)[nH]c3ccccc32)CC1. The van der Waals surface area contributed by atoms with E-state index in [2.05, 4.69) is 22.5 Å². The first-order chi connectivity index (χ1) is 12.6. The molecule has 3 heterocycles. The first-order valence-electron chi connectivity index (χ1n) is 9.61. The molecule has 1 aromatic carbocycles. The van der Waals surface area contributed by atoms with Gasteiger partial charge in [0.2, 0.25) is 0 Å². The van der Waals surface area contributed by atoms with Crippen LogP contribution in [0.3, 0.4) is 0 Å². The summed E-state index contributed by atoms with van der Waals surface area (Å²) in [6.07, 6.45) is 3.73. The Hall–Kier alpha value is -2.28. The van der Waals surface area contributed by atoms with Crippen molar-refractivity contribution in [2.24, 2.45) is 0 Å². The van der Waals surface area contributed by atoms with Crippen molar-refractivity contribution in [1.82, 2.24) is 25.1 Å². The molecule has 2 unspecified atom stereocenters. The summed E-state index contributed by atoms with van der Waals surface area (Å²) in [5.41, 5.74) is 1.76. The van der Waals surface area contributed by atoms with Crippen LogP contribution in [0.15, 0.2) is 29.1 Å². The largest absolute Gasteiger partial charge is 0.334 e. The molecule has 0 radical (unpaired) electrons. The molecule has 0 aliphatic carbocycles. The van der Waals surface area contributed by atoms with Crippen LogP contribution in [-0.2, 0) is 0 Å². The van der Waals surface area contributed by atoms with Crippen molar-refractivity contribution in [1.29, 1.82) is 0 Å². The third-order valence-corrected chi connectivity index (χ3v) is 5.81. The fourth-order valence-corrected chi connectivity index (χ4v) is 4.25. The minimum Gasteiger partial charge on any atom is -0.334 e. The average Bonchev–Trinajstić information content (AvgIpc) is 2.99. The Labute approximate surface area is 152 Å². The third kappa shape index (κ3) is 3.23. The highest BCUT2D eigenvalue weighted by atomic mass is 16.2. The molecular weight excluding hydrogens is 330 g/mol. The third-order valence-electron chi connectivity index (χ3n) is 5.81. The fourth-order valence-electron chi connectivity index (χ4n) is 4.25. The number of H-pyrrole nitrogens is 1. The summed E-state index contributed by atoms with van der Waals surface area (Å²) in [6.45, 7) is 4.51. The summed E-state index contributed by atoms with van der Waals surface area (Å²) in [5.74, 6) is 0. The van der Waals surface area contributed by atoms with Crippen LogP contribution in [0, 0.1) is 0 Å². The summed E-state index contributed by atoms with van der Waals surface area (Å²) in [7, 11) is 0. The van der Waals surface area contributed by atoms with Crippen molar-refractivity contribution in [2.45, 2.75) is 50.7 Å². The molecule has 2 atom stereocenters. The fraction of sp³-hybridized carbons (Fsp3) is 0.579. The number of nitrogens with zero attached hydrogens (tertiary/aromatic N) is 2. The quantitative estimate of drug-likeness (QED) is 0.767. The van der Waals surface area contributed by atoms with Gasteiger partial charge in [0, 0.05) is 31.2 Å². The van der Waals surface area contributed by atoms with Gasteiger partial charge in [0.1, 0.15) is 0 Å². The second-order valence-corrected chi connectivity index (χ2v) is 7.48. The maximum atomic E-state index is 12.6. The van der Waals surface area contributed by atoms with E-state index < -0.39 is 0 Å². The molecule has 140 valence electrons. The van der Waals surface area contributed by atoms with Crippen molar-refractivity contribution >= 4 is 17.1 Å². The molecule has 0 spiro atoms. The van der Waals surface area contributed by atoms with Crippen LogP contribution in [0.4, 0.5) is 4.79 Å². The van der Waals surface area contributed by atoms with Crippen LogP contribution in [-0.4, -0.2) is 52.2 Å². The molecular formula is C19H27N5O2. The number of amides is 2. The molecule has 3 N–H and O–H groups in total. The minimum absolute atomic E-state index is 0.0234. The van der Waals surface area contributed by atoms with E-state index >= 15 is 0 Å². The van der Waals surface area contributed by atoms with Crippen molar-refractivity contribution in [2.75, 3.05) is 19.6 Å². The first-order valence-corrected chi connectivity index (χ1v) is 9.61. The summed E-state index contributed by atoms with van der Waals surface area (Å²) in [4.78, 5) is 29.8. The number of aromatic amines is 1. The number of aromatic nitrogens is 2. The van der Waals surface area contributed by atoms with Gasteiger partial charge in [-0.05, 0) is 51.3 Å². The summed E-state index contributed by atoms with van der Waals surface area (Å²) in [6, 6.07) is 8.46. The molecule has 2 fully saturated rings. The van der Waals surface area contributed by atoms with Crippen LogP contribution in [0.5, 0.6) is 0 Å². The average molecular weight is 357 g/mol. The number of hydrogen-bond acceptors (Lipinski definition) is 3. The van der Waals surface area contributed by atoms with E-state index in [0.717, 1.165) is 43.3 Å². The molecule has 2 saturated heterocycles. The summed E-state index contributed by atoms with van der Waals surface area (Å²) >= 11 is 0. The zero-order chi connectivity index (χ0) is 18.1. The predicted molar refractivity (Wildman–Crippen MR) is 101 cm³/mol. The molecule has 26 heavy (non-hydrogen) atoms. The standard InChI is InChI=1S/C19H27N5O2/c1-13-15(6-4-10-20-13)21-18(25)23-11-8-14(9-12-23)24-17-7-3-2-5-16(17)22-19(24)26/h2-3,5,7,13-15,20H,4,6,8-12H2,1H3,(H,21,25)(H,22,26). The predicted octanol–water partition coefficient (Wildman–Crippen LogP) is 1.82. The number of piperidine rings is 2. The highest BCUT2D eigenvalue weighted by molar-refractivity contribution is 5.76. The van der Waals surface area contributed by atoms with Crippen LogP contribution in [0.25, 0.3) is 11.0 Å². The van der Waals surface area contributed by atoms with Crippen molar-refractivity contribution < 1.29 is 4.79 Å². The number of carbonyl (C=O) groups is 1. The molecule has 2 aliphatic rings. The van der Waals surface area contributed by atoms with Gasteiger partial charge in [-0.1, -0.05) is 12.1 Å². The van der Waals surface area contributed by atoms with Crippen molar-refractivity contribution in [3.05, 3.63) is 34.7 Å². The molecule has 7 nitrogen and oxygen atoms in total. The van der Waals surface area contributed by atoms with Gasteiger partial charge < -0.3 is 20.5 Å². The van der Waals surface area contributed by atoms with Crippen molar-refractivity contribution in [3.63, 3.8) is 0 Å². The van der Waals surface area contributed by atoms with E-state index in [9.17, 15) is 9.59 Å². The van der Waals surface area contributed by atoms with E-state index in [1.165, 1.54) is 0 Å². The van der Waals surface area contributed by atoms with Gasteiger partial charge in [-0.3, -0.25) is 4.57 Å². The Bertz CT molecular complexity index is 834. The van der Waals surface area contributed by atoms with Crippen LogP contribution in [0.1, 0.15) is 38.6 Å². The van der Waals surface area contributed by atoms with Crippen LogP contribution < -0.4 is 16.3 Å². The molecule has 0 bridgehead atoms. The second-order valence-electron chi connectivity index (χ2n) is 7.48. The Morgan fingerprint density at radius 1 is 1.19 bits per heavy atom. The van der Waals surface area contributed by atoms with Gasteiger partial charge in [0.15, 0.2) is 0 Å². The lowest BCUT2D eigenvalue weighted by atomic mass is 10.00. The molecule has 0 saturated carbocycles. The Morgan fingerprint density at radius 3 is 2.73 bits per heavy atom. The van der Waals surface area contributed by atoms with Gasteiger partial charge in [-0.2, -0.15) is 0 Å². The number of nitrogens with one attached hydrogen (secondary N) is 3. The van der Waals surface area contributed by atoms with Crippen molar-refractivity contribution in [3.8, 4) is 0 Å². The number of fused-ring (bicyclic) bond motifs is 1. The number of carbonyl (C=O) groups excluding carboxylic acids is 1.